The molecule has 1 N–H and O–H groups in total. The Morgan fingerprint density at radius 3 is 2.28 bits per heavy atom. The van der Waals surface area contributed by atoms with Crippen LogP contribution in [0.1, 0.15) is 53.3 Å². The van der Waals surface area contributed by atoms with Crippen molar-refractivity contribution in [3.63, 3.8) is 0 Å². The van der Waals surface area contributed by atoms with Gasteiger partial charge in [0.2, 0.25) is 0 Å². The topological polar surface area (TPSA) is 92.8 Å². The van der Waals surface area contributed by atoms with Gasteiger partial charge in [0.15, 0.2) is 6.61 Å². The lowest BCUT2D eigenvalue weighted by molar-refractivity contribution is -0.152. The van der Waals surface area contributed by atoms with Gasteiger partial charge in [-0.05, 0) is 31.9 Å². The van der Waals surface area contributed by atoms with Gasteiger partial charge < -0.3 is 10.1 Å². The molecule has 3 amide bonds. The van der Waals surface area contributed by atoms with E-state index in [1.165, 1.54) is 6.92 Å². The summed E-state index contributed by atoms with van der Waals surface area (Å²) in [5, 5.41) is 2.81. The average Bonchev–Trinajstić information content (AvgIpc) is 3.20. The van der Waals surface area contributed by atoms with E-state index in [0.29, 0.717) is 0 Å². The number of carbonyl (C=O) groups is 4. The standard InChI is InChI=1S/C18H20N2O5/c1-11(18(24)25-10-15(21)19-12-6-2-3-7-12)20-16(22)13-8-4-5-9-14(13)17(20)23/h4-5,8-9,11-12H,2-3,6-7,10H2,1H3,(H,19,21). The number of amides is 3. The molecule has 0 saturated heterocycles. The number of rotatable bonds is 5. The Hall–Kier alpha value is -2.70. The number of hydrogen-bond donors (Lipinski definition) is 1. The summed E-state index contributed by atoms with van der Waals surface area (Å²) in [5.41, 5.74) is 0.539. The fourth-order valence-corrected chi connectivity index (χ4v) is 3.26. The Labute approximate surface area is 145 Å². The van der Waals surface area contributed by atoms with Crippen LogP contribution in [-0.4, -0.2) is 47.3 Å². The molecule has 7 nitrogen and oxygen atoms in total. The maximum absolute atomic E-state index is 12.3. The Bertz CT molecular complexity index is 689. The van der Waals surface area contributed by atoms with Crippen molar-refractivity contribution in [1.82, 2.24) is 10.2 Å². The Morgan fingerprint density at radius 1 is 1.16 bits per heavy atom. The molecule has 1 fully saturated rings. The van der Waals surface area contributed by atoms with E-state index in [2.05, 4.69) is 5.32 Å². The van der Waals surface area contributed by atoms with Crippen LogP contribution in [0.15, 0.2) is 24.3 Å². The second kappa shape index (κ2) is 7.04. The Kier molecular flexibility index (Phi) is 4.83. The average molecular weight is 344 g/mol. The first kappa shape index (κ1) is 17.1. The highest BCUT2D eigenvalue weighted by atomic mass is 16.5. The first-order valence-corrected chi connectivity index (χ1v) is 8.42. The van der Waals surface area contributed by atoms with Crippen molar-refractivity contribution < 1.29 is 23.9 Å². The zero-order valence-corrected chi connectivity index (χ0v) is 14.0. The lowest BCUT2D eigenvalue weighted by Gasteiger charge is -2.21. The summed E-state index contributed by atoms with van der Waals surface area (Å²) in [4.78, 5) is 49.5. The van der Waals surface area contributed by atoms with Crippen molar-refractivity contribution in [1.29, 1.82) is 0 Å². The highest BCUT2D eigenvalue weighted by molar-refractivity contribution is 6.22. The molecule has 0 bridgehead atoms. The van der Waals surface area contributed by atoms with Crippen LogP contribution in [-0.2, 0) is 14.3 Å². The molecule has 1 heterocycles. The number of fused-ring (bicyclic) bond motifs is 1. The van der Waals surface area contributed by atoms with Crippen LogP contribution in [0.2, 0.25) is 0 Å². The molecule has 1 aromatic carbocycles. The summed E-state index contributed by atoms with van der Waals surface area (Å²) < 4.78 is 4.99. The van der Waals surface area contributed by atoms with E-state index in [9.17, 15) is 19.2 Å². The number of carbonyl (C=O) groups excluding carboxylic acids is 4. The summed E-state index contributed by atoms with van der Waals surface area (Å²) in [7, 11) is 0. The molecular weight excluding hydrogens is 324 g/mol. The molecule has 0 aromatic heterocycles. The van der Waals surface area contributed by atoms with E-state index < -0.39 is 30.4 Å². The Balaban J connectivity index is 1.57. The van der Waals surface area contributed by atoms with Gasteiger partial charge in [0, 0.05) is 6.04 Å². The summed E-state index contributed by atoms with van der Waals surface area (Å²) in [6.45, 7) is 1.00. The monoisotopic (exact) mass is 344 g/mol. The number of hydrogen-bond acceptors (Lipinski definition) is 5. The molecule has 132 valence electrons. The minimum absolute atomic E-state index is 0.139. The van der Waals surface area contributed by atoms with E-state index >= 15 is 0 Å². The number of nitrogens with zero attached hydrogens (tertiary/aromatic N) is 1. The van der Waals surface area contributed by atoms with Gasteiger partial charge in [-0.25, -0.2) is 4.79 Å². The zero-order chi connectivity index (χ0) is 18.0. The molecule has 1 aromatic rings. The van der Waals surface area contributed by atoms with Gasteiger partial charge in [-0.3, -0.25) is 19.3 Å². The van der Waals surface area contributed by atoms with Gasteiger partial charge in [-0.15, -0.1) is 0 Å². The molecule has 1 saturated carbocycles. The van der Waals surface area contributed by atoms with Crippen molar-refractivity contribution >= 4 is 23.7 Å². The predicted molar refractivity (Wildman–Crippen MR) is 87.8 cm³/mol. The third kappa shape index (κ3) is 3.40. The highest BCUT2D eigenvalue weighted by Gasteiger charge is 2.41. The number of nitrogens with one attached hydrogen (secondary N) is 1. The van der Waals surface area contributed by atoms with Gasteiger partial charge in [0.05, 0.1) is 11.1 Å². The molecule has 1 atom stereocenters. The van der Waals surface area contributed by atoms with Gasteiger partial charge in [0.25, 0.3) is 17.7 Å². The van der Waals surface area contributed by atoms with Crippen LogP contribution in [0.4, 0.5) is 0 Å². The van der Waals surface area contributed by atoms with Crippen molar-refractivity contribution in [2.24, 2.45) is 0 Å². The SMILES string of the molecule is CC(C(=O)OCC(=O)NC1CCCC1)N1C(=O)c2ccccc2C1=O. The molecule has 3 rings (SSSR count). The van der Waals surface area contributed by atoms with Crippen LogP contribution < -0.4 is 5.32 Å². The first-order chi connectivity index (χ1) is 12.0. The third-order valence-electron chi connectivity index (χ3n) is 4.62. The summed E-state index contributed by atoms with van der Waals surface area (Å²) in [6.07, 6.45) is 4.04. The molecule has 0 spiro atoms. The Morgan fingerprint density at radius 2 is 1.72 bits per heavy atom. The summed E-state index contributed by atoms with van der Waals surface area (Å²) in [5.74, 6) is -2.20. The number of benzene rings is 1. The van der Waals surface area contributed by atoms with Crippen LogP contribution in [0.5, 0.6) is 0 Å². The van der Waals surface area contributed by atoms with Crippen LogP contribution in [0.3, 0.4) is 0 Å². The third-order valence-corrected chi connectivity index (χ3v) is 4.62. The van der Waals surface area contributed by atoms with E-state index in [-0.39, 0.29) is 23.1 Å². The van der Waals surface area contributed by atoms with Crippen LogP contribution in [0, 0.1) is 0 Å². The fourth-order valence-electron chi connectivity index (χ4n) is 3.26. The van der Waals surface area contributed by atoms with E-state index in [4.69, 9.17) is 4.74 Å². The zero-order valence-electron chi connectivity index (χ0n) is 14.0. The van der Waals surface area contributed by atoms with E-state index in [1.54, 1.807) is 24.3 Å². The van der Waals surface area contributed by atoms with Crippen molar-refractivity contribution in [2.45, 2.75) is 44.7 Å². The highest BCUT2D eigenvalue weighted by Crippen LogP contribution is 2.24. The van der Waals surface area contributed by atoms with E-state index in [1.807, 2.05) is 0 Å². The lowest BCUT2D eigenvalue weighted by atomic mass is 10.1. The molecule has 1 aliphatic heterocycles. The predicted octanol–water partition coefficient (Wildman–Crippen LogP) is 1.27. The molecule has 2 aliphatic rings. The first-order valence-electron chi connectivity index (χ1n) is 8.42. The molecular formula is C18H20N2O5. The van der Waals surface area contributed by atoms with Crippen molar-refractivity contribution in [3.8, 4) is 0 Å². The minimum Gasteiger partial charge on any atom is -0.454 e. The summed E-state index contributed by atoms with van der Waals surface area (Å²) >= 11 is 0. The number of ether oxygens (including phenoxy) is 1. The van der Waals surface area contributed by atoms with E-state index in [0.717, 1.165) is 30.6 Å². The minimum atomic E-state index is -1.09. The van der Waals surface area contributed by atoms with Crippen molar-refractivity contribution in [2.75, 3.05) is 6.61 Å². The van der Waals surface area contributed by atoms with Gasteiger partial charge in [-0.1, -0.05) is 25.0 Å². The largest absolute Gasteiger partial charge is 0.454 e. The van der Waals surface area contributed by atoms with Crippen LogP contribution >= 0.6 is 0 Å². The molecule has 1 unspecified atom stereocenters. The quantitative estimate of drug-likeness (QED) is 0.641. The second-order valence-electron chi connectivity index (χ2n) is 6.36. The number of esters is 1. The van der Waals surface area contributed by atoms with Gasteiger partial charge >= 0.3 is 5.97 Å². The van der Waals surface area contributed by atoms with Crippen molar-refractivity contribution in [3.05, 3.63) is 35.4 Å². The normalized spacial score (nSPS) is 18.2. The molecule has 1 aliphatic carbocycles. The smallest absolute Gasteiger partial charge is 0.329 e. The number of imide groups is 1. The second-order valence-corrected chi connectivity index (χ2v) is 6.36. The lowest BCUT2D eigenvalue weighted by Crippen LogP contribution is -2.45. The maximum Gasteiger partial charge on any atom is 0.329 e. The summed E-state index contributed by atoms with van der Waals surface area (Å²) in [6, 6.07) is 5.45. The maximum atomic E-state index is 12.3. The molecule has 7 heteroatoms. The molecule has 0 radical (unpaired) electrons. The fraction of sp³-hybridized carbons (Fsp3) is 0.444. The van der Waals surface area contributed by atoms with Gasteiger partial charge in [-0.2, -0.15) is 0 Å². The molecule has 25 heavy (non-hydrogen) atoms. The van der Waals surface area contributed by atoms with Crippen LogP contribution in [0.25, 0.3) is 0 Å². The van der Waals surface area contributed by atoms with Gasteiger partial charge in [0.1, 0.15) is 6.04 Å².